The van der Waals surface area contributed by atoms with Gasteiger partial charge in [-0.1, -0.05) is 5.16 Å². The highest BCUT2D eigenvalue weighted by Crippen LogP contribution is 2.16. The molecule has 1 aromatic rings. The Hall–Kier alpha value is -1.56. The van der Waals surface area contributed by atoms with Crippen molar-refractivity contribution >= 4 is 6.09 Å². The van der Waals surface area contributed by atoms with E-state index in [1.54, 1.807) is 4.90 Å². The van der Waals surface area contributed by atoms with Gasteiger partial charge < -0.3 is 19.5 Å². The third-order valence-corrected chi connectivity index (χ3v) is 3.39. The highest BCUT2D eigenvalue weighted by Gasteiger charge is 2.26. The molecule has 1 aliphatic rings. The van der Waals surface area contributed by atoms with Crippen LogP contribution in [0.2, 0.25) is 0 Å². The van der Waals surface area contributed by atoms with Gasteiger partial charge in [-0.15, -0.1) is 0 Å². The van der Waals surface area contributed by atoms with Gasteiger partial charge in [0.1, 0.15) is 5.60 Å². The van der Waals surface area contributed by atoms with Gasteiger partial charge in [-0.25, -0.2) is 4.79 Å². The van der Waals surface area contributed by atoms with Gasteiger partial charge in [0.15, 0.2) is 5.76 Å². The van der Waals surface area contributed by atoms with Crippen LogP contribution in [0.1, 0.15) is 45.1 Å². The van der Waals surface area contributed by atoms with Crippen molar-refractivity contribution < 1.29 is 14.1 Å². The Labute approximate surface area is 125 Å². The van der Waals surface area contributed by atoms with E-state index in [1.165, 1.54) is 0 Å². The van der Waals surface area contributed by atoms with Crippen LogP contribution in [-0.2, 0) is 11.3 Å². The maximum atomic E-state index is 12.0. The van der Waals surface area contributed by atoms with Crippen molar-refractivity contribution in [2.24, 2.45) is 0 Å². The molecule has 1 aliphatic heterocycles. The van der Waals surface area contributed by atoms with Crippen LogP contribution < -0.4 is 5.32 Å². The Morgan fingerprint density at radius 1 is 1.48 bits per heavy atom. The molecule has 118 valence electrons. The Balaban J connectivity index is 1.72. The van der Waals surface area contributed by atoms with Gasteiger partial charge in [-0.2, -0.15) is 0 Å². The van der Waals surface area contributed by atoms with E-state index < -0.39 is 5.60 Å². The summed E-state index contributed by atoms with van der Waals surface area (Å²) in [6, 6.07) is 2.33. The fourth-order valence-electron chi connectivity index (χ4n) is 2.34. The highest BCUT2D eigenvalue weighted by atomic mass is 16.6. The molecular weight excluding hydrogens is 270 g/mol. The van der Waals surface area contributed by atoms with Crippen LogP contribution in [0.25, 0.3) is 0 Å². The zero-order valence-electron chi connectivity index (χ0n) is 13.3. The molecule has 0 unspecified atom stereocenters. The number of nitrogens with zero attached hydrogens (tertiary/aromatic N) is 2. The first kappa shape index (κ1) is 15.8. The molecule has 21 heavy (non-hydrogen) atoms. The normalized spacial score (nSPS) is 17.0. The molecule has 0 bridgehead atoms. The van der Waals surface area contributed by atoms with E-state index in [2.05, 4.69) is 10.5 Å². The molecule has 0 atom stereocenters. The van der Waals surface area contributed by atoms with Crippen LogP contribution in [0.4, 0.5) is 4.79 Å². The number of hydrogen-bond donors (Lipinski definition) is 1. The van der Waals surface area contributed by atoms with Crippen LogP contribution in [0.5, 0.6) is 0 Å². The molecule has 6 nitrogen and oxygen atoms in total. The predicted octanol–water partition coefficient (Wildman–Crippen LogP) is 2.47. The largest absolute Gasteiger partial charge is 0.444 e. The van der Waals surface area contributed by atoms with Crippen LogP contribution in [0.3, 0.4) is 0 Å². The summed E-state index contributed by atoms with van der Waals surface area (Å²) in [5, 5.41) is 7.31. The van der Waals surface area contributed by atoms with Gasteiger partial charge in [-0.3, -0.25) is 0 Å². The second-order valence-electron chi connectivity index (χ2n) is 6.56. The van der Waals surface area contributed by atoms with Gasteiger partial charge >= 0.3 is 6.09 Å². The van der Waals surface area contributed by atoms with E-state index in [9.17, 15) is 4.79 Å². The molecule has 1 saturated heterocycles. The second-order valence-corrected chi connectivity index (χ2v) is 6.56. The number of aryl methyl sites for hydroxylation is 1. The van der Waals surface area contributed by atoms with Gasteiger partial charge in [0.2, 0.25) is 0 Å². The second kappa shape index (κ2) is 6.47. The number of carbonyl (C=O) groups excluding carboxylic acids is 1. The zero-order valence-corrected chi connectivity index (χ0v) is 13.3. The molecule has 0 radical (unpaired) electrons. The first-order valence-electron chi connectivity index (χ1n) is 7.47. The zero-order chi connectivity index (χ0) is 15.5. The fraction of sp³-hybridized carbons (Fsp3) is 0.733. The standard InChI is InChI=1S/C15H25N3O3/c1-11-9-13(21-17-11)10-16-12-5-7-18(8-6-12)14(19)20-15(2,3)4/h9,12,16H,5-8,10H2,1-4H3. The third kappa shape index (κ3) is 5.04. The number of carbonyl (C=O) groups is 1. The molecule has 1 fully saturated rings. The first-order chi connectivity index (χ1) is 9.83. The molecule has 1 aromatic heterocycles. The average Bonchev–Trinajstić information content (AvgIpc) is 2.81. The highest BCUT2D eigenvalue weighted by molar-refractivity contribution is 5.68. The Morgan fingerprint density at radius 3 is 2.67 bits per heavy atom. The van der Waals surface area contributed by atoms with Crippen molar-refractivity contribution in [1.82, 2.24) is 15.4 Å². The SMILES string of the molecule is Cc1cc(CNC2CCN(C(=O)OC(C)(C)C)CC2)on1. The van der Waals surface area contributed by atoms with E-state index in [-0.39, 0.29) is 6.09 Å². The number of amides is 1. The number of nitrogens with one attached hydrogen (secondary N) is 1. The summed E-state index contributed by atoms with van der Waals surface area (Å²) in [5.41, 5.74) is 0.461. The summed E-state index contributed by atoms with van der Waals surface area (Å²) < 4.78 is 10.6. The van der Waals surface area contributed by atoms with Crippen molar-refractivity contribution in [1.29, 1.82) is 0 Å². The van der Waals surface area contributed by atoms with Crippen molar-refractivity contribution in [3.05, 3.63) is 17.5 Å². The average molecular weight is 295 g/mol. The topological polar surface area (TPSA) is 67.6 Å². The molecule has 1 N–H and O–H groups in total. The minimum Gasteiger partial charge on any atom is -0.444 e. The summed E-state index contributed by atoms with van der Waals surface area (Å²) in [4.78, 5) is 13.7. The number of piperidine rings is 1. The van der Waals surface area contributed by atoms with E-state index in [0.29, 0.717) is 12.6 Å². The molecule has 1 amide bonds. The lowest BCUT2D eigenvalue weighted by Crippen LogP contribution is -2.46. The summed E-state index contributed by atoms with van der Waals surface area (Å²) >= 11 is 0. The predicted molar refractivity (Wildman–Crippen MR) is 78.9 cm³/mol. The van der Waals surface area contributed by atoms with Gasteiger partial charge in [0.05, 0.1) is 12.2 Å². The van der Waals surface area contributed by atoms with Crippen molar-refractivity contribution in [2.45, 2.75) is 58.7 Å². The van der Waals surface area contributed by atoms with Crippen molar-refractivity contribution in [3.63, 3.8) is 0 Å². The maximum absolute atomic E-state index is 12.0. The third-order valence-electron chi connectivity index (χ3n) is 3.39. The van der Waals surface area contributed by atoms with E-state index in [4.69, 9.17) is 9.26 Å². The lowest BCUT2D eigenvalue weighted by molar-refractivity contribution is 0.0197. The lowest BCUT2D eigenvalue weighted by atomic mass is 10.1. The quantitative estimate of drug-likeness (QED) is 0.928. The Morgan fingerprint density at radius 2 is 2.14 bits per heavy atom. The molecule has 0 spiro atoms. The maximum Gasteiger partial charge on any atom is 0.410 e. The molecule has 0 aromatic carbocycles. The van der Waals surface area contributed by atoms with Crippen molar-refractivity contribution in [3.8, 4) is 0 Å². The first-order valence-corrected chi connectivity index (χ1v) is 7.47. The molecule has 0 saturated carbocycles. The smallest absolute Gasteiger partial charge is 0.410 e. The molecule has 6 heteroatoms. The number of rotatable bonds is 3. The number of ether oxygens (including phenoxy) is 1. The number of aromatic nitrogens is 1. The summed E-state index contributed by atoms with van der Waals surface area (Å²) in [7, 11) is 0. The van der Waals surface area contributed by atoms with Crippen LogP contribution in [0.15, 0.2) is 10.6 Å². The minimum atomic E-state index is -0.434. The van der Waals surface area contributed by atoms with Gasteiger partial charge in [0, 0.05) is 25.2 Å². The van der Waals surface area contributed by atoms with Gasteiger partial charge in [0.25, 0.3) is 0 Å². The fourth-order valence-corrected chi connectivity index (χ4v) is 2.34. The molecular formula is C15H25N3O3. The Kier molecular flexibility index (Phi) is 4.88. The summed E-state index contributed by atoms with van der Waals surface area (Å²) in [6.07, 6.45) is 1.63. The van der Waals surface area contributed by atoms with E-state index in [1.807, 2.05) is 33.8 Å². The summed E-state index contributed by atoms with van der Waals surface area (Å²) in [6.45, 7) is 9.70. The summed E-state index contributed by atoms with van der Waals surface area (Å²) in [5.74, 6) is 0.849. The van der Waals surface area contributed by atoms with Crippen molar-refractivity contribution in [2.75, 3.05) is 13.1 Å². The molecule has 2 heterocycles. The van der Waals surface area contributed by atoms with Crippen LogP contribution >= 0.6 is 0 Å². The molecule has 0 aliphatic carbocycles. The van der Waals surface area contributed by atoms with Gasteiger partial charge in [-0.05, 0) is 40.5 Å². The number of likely N-dealkylation sites (tertiary alicyclic amines) is 1. The van der Waals surface area contributed by atoms with Crippen LogP contribution in [-0.4, -0.2) is 40.9 Å². The number of hydrogen-bond acceptors (Lipinski definition) is 5. The van der Waals surface area contributed by atoms with Crippen LogP contribution in [0, 0.1) is 6.92 Å². The lowest BCUT2D eigenvalue weighted by Gasteiger charge is -2.33. The Bertz CT molecular complexity index is 471. The monoisotopic (exact) mass is 295 g/mol. The van der Waals surface area contributed by atoms with E-state index in [0.717, 1.165) is 37.4 Å². The molecule has 2 rings (SSSR count). The van der Waals surface area contributed by atoms with E-state index >= 15 is 0 Å². The minimum absolute atomic E-state index is 0.216.